The Morgan fingerprint density at radius 1 is 1.41 bits per heavy atom. The van der Waals surface area contributed by atoms with Gasteiger partial charge in [0.05, 0.1) is 10.5 Å². The van der Waals surface area contributed by atoms with E-state index in [-0.39, 0.29) is 0 Å². The molecule has 0 aliphatic heterocycles. The highest BCUT2D eigenvalue weighted by Gasteiger charge is 2.13. The molecule has 0 saturated carbocycles. The number of nitrogen functional groups attached to an aromatic ring is 1. The average Bonchev–Trinajstić information content (AvgIpc) is 2.85. The summed E-state index contributed by atoms with van der Waals surface area (Å²) in [6.45, 7) is 0. The first kappa shape index (κ1) is 10.2. The molecule has 17 heavy (non-hydrogen) atoms. The van der Waals surface area contributed by atoms with Gasteiger partial charge in [-0.25, -0.2) is 0 Å². The lowest BCUT2D eigenvalue weighted by Crippen LogP contribution is -1.87. The van der Waals surface area contributed by atoms with Crippen LogP contribution in [0.15, 0.2) is 35.0 Å². The molecule has 0 unspecified atom stereocenters. The third-order valence-corrected chi connectivity index (χ3v) is 3.05. The summed E-state index contributed by atoms with van der Waals surface area (Å²) < 4.78 is 7.16. The van der Waals surface area contributed by atoms with Gasteiger partial charge in [-0.2, -0.15) is 0 Å². The molecule has 0 saturated heterocycles. The van der Waals surface area contributed by atoms with Crippen molar-refractivity contribution < 1.29 is 4.52 Å². The molecule has 5 heteroatoms. The molecule has 0 aliphatic carbocycles. The Balaban J connectivity index is 2.37. The molecule has 2 aromatic heterocycles. The van der Waals surface area contributed by atoms with E-state index in [1.54, 1.807) is 6.07 Å². The summed E-state index contributed by atoms with van der Waals surface area (Å²) in [5.41, 5.74) is 7.51. The van der Waals surface area contributed by atoms with Crippen molar-refractivity contribution in [2.24, 2.45) is 7.05 Å². The van der Waals surface area contributed by atoms with E-state index in [0.29, 0.717) is 11.6 Å². The summed E-state index contributed by atoms with van der Waals surface area (Å²) in [5, 5.41) is 5.40. The Morgan fingerprint density at radius 3 is 2.94 bits per heavy atom. The average molecular weight is 248 g/mol. The Bertz CT molecular complexity index is 699. The second-order valence-corrected chi connectivity index (χ2v) is 4.31. The smallest absolute Gasteiger partial charge is 0.171 e. The SMILES string of the molecule is Cn1cc(Cl)c2cccc(-c3cc(N)no3)c21. The van der Waals surface area contributed by atoms with Crippen molar-refractivity contribution in [2.75, 3.05) is 5.73 Å². The molecule has 0 bridgehead atoms. The summed E-state index contributed by atoms with van der Waals surface area (Å²) in [7, 11) is 1.94. The van der Waals surface area contributed by atoms with Crippen molar-refractivity contribution >= 4 is 28.3 Å². The number of aryl methyl sites for hydroxylation is 1. The number of nitrogens with zero attached hydrogens (tertiary/aromatic N) is 2. The highest BCUT2D eigenvalue weighted by Crippen LogP contribution is 2.33. The van der Waals surface area contributed by atoms with Crippen molar-refractivity contribution in [3.63, 3.8) is 0 Å². The highest BCUT2D eigenvalue weighted by molar-refractivity contribution is 6.36. The maximum Gasteiger partial charge on any atom is 0.171 e. The van der Waals surface area contributed by atoms with E-state index in [2.05, 4.69) is 5.16 Å². The van der Waals surface area contributed by atoms with Crippen LogP contribution in [0, 0.1) is 0 Å². The number of nitrogens with two attached hydrogens (primary N) is 1. The second-order valence-electron chi connectivity index (χ2n) is 3.91. The van der Waals surface area contributed by atoms with Crippen LogP contribution in [-0.2, 0) is 7.05 Å². The van der Waals surface area contributed by atoms with Gasteiger partial charge in [0.15, 0.2) is 11.6 Å². The molecule has 0 amide bonds. The van der Waals surface area contributed by atoms with E-state index in [1.165, 1.54) is 0 Å². The topological polar surface area (TPSA) is 57.0 Å². The van der Waals surface area contributed by atoms with Crippen molar-refractivity contribution in [1.29, 1.82) is 0 Å². The molecule has 2 N–H and O–H groups in total. The van der Waals surface area contributed by atoms with Gasteiger partial charge in [0.1, 0.15) is 0 Å². The lowest BCUT2D eigenvalue weighted by atomic mass is 10.1. The minimum absolute atomic E-state index is 0.373. The predicted octanol–water partition coefficient (Wildman–Crippen LogP) is 3.07. The number of fused-ring (bicyclic) bond motifs is 1. The molecule has 1 aromatic carbocycles. The van der Waals surface area contributed by atoms with Crippen LogP contribution in [0.2, 0.25) is 5.02 Å². The molecule has 0 aliphatic rings. The number of rotatable bonds is 1. The third-order valence-electron chi connectivity index (χ3n) is 2.75. The van der Waals surface area contributed by atoms with Gasteiger partial charge < -0.3 is 14.8 Å². The number of hydrogen-bond acceptors (Lipinski definition) is 3. The van der Waals surface area contributed by atoms with Crippen molar-refractivity contribution in [1.82, 2.24) is 9.72 Å². The molecule has 2 heterocycles. The third kappa shape index (κ3) is 1.49. The maximum absolute atomic E-state index is 6.15. The number of anilines is 1. The molecule has 3 rings (SSSR count). The van der Waals surface area contributed by atoms with Crippen molar-refractivity contribution in [3.8, 4) is 11.3 Å². The number of benzene rings is 1. The van der Waals surface area contributed by atoms with Crippen LogP contribution in [0.25, 0.3) is 22.2 Å². The van der Waals surface area contributed by atoms with E-state index in [9.17, 15) is 0 Å². The Labute approximate surface area is 103 Å². The largest absolute Gasteiger partial charge is 0.381 e. The van der Waals surface area contributed by atoms with Crippen LogP contribution < -0.4 is 5.73 Å². The van der Waals surface area contributed by atoms with Gasteiger partial charge in [0.25, 0.3) is 0 Å². The first-order chi connectivity index (χ1) is 8.16. The predicted molar refractivity (Wildman–Crippen MR) is 67.8 cm³/mol. The van der Waals surface area contributed by atoms with Gasteiger partial charge in [-0.1, -0.05) is 28.9 Å². The lowest BCUT2D eigenvalue weighted by molar-refractivity contribution is 0.436. The summed E-state index contributed by atoms with van der Waals surface area (Å²) in [6.07, 6.45) is 1.87. The molecule has 4 nitrogen and oxygen atoms in total. The summed E-state index contributed by atoms with van der Waals surface area (Å²) in [4.78, 5) is 0. The molecular formula is C12H10ClN3O. The monoisotopic (exact) mass is 247 g/mol. The molecular weight excluding hydrogens is 238 g/mol. The maximum atomic E-state index is 6.15. The zero-order valence-electron chi connectivity index (χ0n) is 9.14. The van der Waals surface area contributed by atoms with Crippen LogP contribution >= 0.6 is 11.6 Å². The fourth-order valence-corrected chi connectivity index (χ4v) is 2.33. The van der Waals surface area contributed by atoms with E-state index in [1.807, 2.05) is 36.0 Å². The molecule has 0 spiro atoms. The molecule has 0 radical (unpaired) electrons. The van der Waals surface area contributed by atoms with E-state index in [4.69, 9.17) is 21.9 Å². The molecule has 0 atom stereocenters. The zero-order chi connectivity index (χ0) is 12.0. The number of halogens is 1. The van der Waals surface area contributed by atoms with Gasteiger partial charge >= 0.3 is 0 Å². The van der Waals surface area contributed by atoms with Gasteiger partial charge in [-0.3, -0.25) is 0 Å². The van der Waals surface area contributed by atoms with E-state index in [0.717, 1.165) is 21.5 Å². The van der Waals surface area contributed by atoms with E-state index >= 15 is 0 Å². The molecule has 3 aromatic rings. The van der Waals surface area contributed by atoms with Gasteiger partial charge in [-0.05, 0) is 6.07 Å². The highest BCUT2D eigenvalue weighted by atomic mass is 35.5. The second kappa shape index (κ2) is 3.53. The number of aromatic nitrogens is 2. The van der Waals surface area contributed by atoms with Crippen molar-refractivity contribution in [3.05, 3.63) is 35.5 Å². The van der Waals surface area contributed by atoms with Crippen LogP contribution in [-0.4, -0.2) is 9.72 Å². The normalized spacial score (nSPS) is 11.2. The molecule has 86 valence electrons. The van der Waals surface area contributed by atoms with Crippen LogP contribution in [0.3, 0.4) is 0 Å². The fourth-order valence-electron chi connectivity index (χ4n) is 2.03. The first-order valence-electron chi connectivity index (χ1n) is 5.13. The summed E-state index contributed by atoms with van der Waals surface area (Å²) in [6, 6.07) is 7.57. The quantitative estimate of drug-likeness (QED) is 0.719. The van der Waals surface area contributed by atoms with E-state index < -0.39 is 0 Å². The Kier molecular flexibility index (Phi) is 2.12. The van der Waals surface area contributed by atoms with Gasteiger partial charge in [-0.15, -0.1) is 0 Å². The van der Waals surface area contributed by atoms with Crippen LogP contribution in [0.4, 0.5) is 5.82 Å². The van der Waals surface area contributed by atoms with Crippen LogP contribution in [0.1, 0.15) is 0 Å². The Morgan fingerprint density at radius 2 is 2.24 bits per heavy atom. The van der Waals surface area contributed by atoms with Crippen molar-refractivity contribution in [2.45, 2.75) is 0 Å². The number of para-hydroxylation sites is 1. The summed E-state index contributed by atoms with van der Waals surface area (Å²) in [5.74, 6) is 1.02. The molecule has 0 fully saturated rings. The number of hydrogen-bond donors (Lipinski definition) is 1. The van der Waals surface area contributed by atoms with Gasteiger partial charge in [0.2, 0.25) is 0 Å². The minimum atomic E-state index is 0.373. The van der Waals surface area contributed by atoms with Gasteiger partial charge in [0, 0.05) is 30.3 Å². The lowest BCUT2D eigenvalue weighted by Gasteiger charge is -2.01. The minimum Gasteiger partial charge on any atom is -0.381 e. The fraction of sp³-hybridized carbons (Fsp3) is 0.0833. The first-order valence-corrected chi connectivity index (χ1v) is 5.50. The standard InChI is InChI=1S/C12H10ClN3O/c1-16-6-9(13)7-3-2-4-8(12(7)16)10-5-11(14)15-17-10/h2-6H,1H3,(H2,14,15). The van der Waals surface area contributed by atoms with Crippen LogP contribution in [0.5, 0.6) is 0 Å². The Hall–Kier alpha value is -1.94. The zero-order valence-corrected chi connectivity index (χ0v) is 9.90. The summed E-state index contributed by atoms with van der Waals surface area (Å²) >= 11 is 6.15.